The van der Waals surface area contributed by atoms with Gasteiger partial charge in [0.05, 0.1) is 6.10 Å². The van der Waals surface area contributed by atoms with E-state index in [1.54, 1.807) is 0 Å². The molecule has 5 rings (SSSR count). The number of rotatable bonds is 3. The first kappa shape index (κ1) is 20.8. The molecule has 0 saturated heterocycles. The number of nitrogens with one attached hydrogen (secondary N) is 2. The average Bonchev–Trinajstić information content (AvgIpc) is 3.26. The predicted octanol–water partition coefficient (Wildman–Crippen LogP) is 4.59. The third kappa shape index (κ3) is 2.16. The molecule has 10 atom stereocenters. The zero-order valence-electron chi connectivity index (χ0n) is 20.1. The molecule has 0 aliphatic heterocycles. The molecule has 2 spiro atoms. The normalized spacial score (nSPS) is 58.6. The molecule has 166 valence electrons. The van der Waals surface area contributed by atoms with E-state index >= 15 is 0 Å². The molecule has 5 saturated carbocycles. The highest BCUT2D eigenvalue weighted by molar-refractivity contribution is 5.31. The van der Waals surface area contributed by atoms with E-state index in [-0.39, 0.29) is 11.5 Å². The van der Waals surface area contributed by atoms with Crippen molar-refractivity contribution in [3.63, 3.8) is 0 Å². The highest BCUT2D eigenvalue weighted by atomic mass is 16.3. The predicted molar refractivity (Wildman–Crippen MR) is 120 cm³/mol. The Morgan fingerprint density at radius 2 is 1.52 bits per heavy atom. The Bertz CT molecular complexity index is 692. The summed E-state index contributed by atoms with van der Waals surface area (Å²) in [6.07, 6.45) is 10.7. The van der Waals surface area contributed by atoms with Crippen LogP contribution in [0.25, 0.3) is 0 Å². The van der Waals surface area contributed by atoms with Crippen LogP contribution in [0, 0.1) is 44.8 Å². The average molecular weight is 403 g/mol. The molecule has 3 heteroatoms. The molecule has 0 aromatic heterocycles. The summed E-state index contributed by atoms with van der Waals surface area (Å²) in [4.78, 5) is 0. The first-order valence-corrected chi connectivity index (χ1v) is 12.6. The Hall–Kier alpha value is -0.120. The van der Waals surface area contributed by atoms with Gasteiger partial charge in [0.25, 0.3) is 0 Å². The SMILES string of the molecule is CN[C@H]1CC[C@]23C[C@]24CC[C@]2(C)[C@@H]([C@@H](C)NC)[C@H](O)C[C@@]2(C)[C@@H]4CC[C@@H]3C1(C)C. The maximum atomic E-state index is 11.3. The molecule has 29 heavy (non-hydrogen) atoms. The topological polar surface area (TPSA) is 44.3 Å². The van der Waals surface area contributed by atoms with Gasteiger partial charge in [0, 0.05) is 18.0 Å². The fourth-order valence-corrected chi connectivity index (χ4v) is 11.1. The molecule has 0 aromatic carbocycles. The van der Waals surface area contributed by atoms with Crippen molar-refractivity contribution >= 4 is 0 Å². The molecular formula is C26H46N2O. The van der Waals surface area contributed by atoms with E-state index in [9.17, 15) is 5.11 Å². The van der Waals surface area contributed by atoms with Crippen LogP contribution in [-0.2, 0) is 0 Å². The highest BCUT2D eigenvalue weighted by Crippen LogP contribution is 2.88. The Morgan fingerprint density at radius 3 is 2.17 bits per heavy atom. The summed E-state index contributed by atoms with van der Waals surface area (Å²) in [5, 5.41) is 18.4. The second kappa shape index (κ2) is 6.01. The molecular weight excluding hydrogens is 356 g/mol. The van der Waals surface area contributed by atoms with E-state index in [1.807, 2.05) is 0 Å². The number of aliphatic hydroxyl groups is 1. The summed E-state index contributed by atoms with van der Waals surface area (Å²) in [5.41, 5.74) is 2.14. The maximum absolute atomic E-state index is 11.3. The van der Waals surface area contributed by atoms with Gasteiger partial charge in [-0.05, 0) is 111 Å². The van der Waals surface area contributed by atoms with Crippen molar-refractivity contribution in [3.05, 3.63) is 0 Å². The zero-order chi connectivity index (χ0) is 21.0. The van der Waals surface area contributed by atoms with Crippen LogP contribution in [0.15, 0.2) is 0 Å². The lowest BCUT2D eigenvalue weighted by molar-refractivity contribution is -0.144. The Morgan fingerprint density at radius 1 is 0.862 bits per heavy atom. The van der Waals surface area contributed by atoms with Crippen LogP contribution in [0.5, 0.6) is 0 Å². The minimum Gasteiger partial charge on any atom is -0.393 e. The van der Waals surface area contributed by atoms with Gasteiger partial charge in [0.1, 0.15) is 0 Å². The molecule has 0 radical (unpaired) electrons. The quantitative estimate of drug-likeness (QED) is 0.647. The molecule has 5 aliphatic rings. The molecule has 3 nitrogen and oxygen atoms in total. The summed E-state index contributed by atoms with van der Waals surface area (Å²) in [6.45, 7) is 12.6. The van der Waals surface area contributed by atoms with Crippen LogP contribution in [0.4, 0.5) is 0 Å². The molecule has 0 bridgehead atoms. The number of fused-ring (bicyclic) bond motifs is 2. The molecule has 5 fully saturated rings. The van der Waals surface area contributed by atoms with Crippen LogP contribution >= 0.6 is 0 Å². The van der Waals surface area contributed by atoms with Crippen molar-refractivity contribution in [3.8, 4) is 0 Å². The largest absolute Gasteiger partial charge is 0.393 e. The van der Waals surface area contributed by atoms with Gasteiger partial charge < -0.3 is 15.7 Å². The fourth-order valence-electron chi connectivity index (χ4n) is 11.1. The third-order valence-electron chi connectivity index (χ3n) is 12.5. The zero-order valence-corrected chi connectivity index (χ0v) is 20.1. The molecule has 0 heterocycles. The molecule has 3 N–H and O–H groups in total. The van der Waals surface area contributed by atoms with Gasteiger partial charge >= 0.3 is 0 Å². The van der Waals surface area contributed by atoms with Crippen molar-refractivity contribution in [2.75, 3.05) is 14.1 Å². The number of hydrogen-bond donors (Lipinski definition) is 3. The summed E-state index contributed by atoms with van der Waals surface area (Å²) in [5.74, 6) is 2.08. The summed E-state index contributed by atoms with van der Waals surface area (Å²) in [7, 11) is 4.25. The minimum atomic E-state index is -0.147. The third-order valence-corrected chi connectivity index (χ3v) is 12.5. The van der Waals surface area contributed by atoms with Crippen molar-refractivity contribution in [2.24, 2.45) is 44.8 Å². The molecule has 0 aromatic rings. The van der Waals surface area contributed by atoms with Gasteiger partial charge in [-0.1, -0.05) is 27.7 Å². The Labute approximate surface area is 179 Å². The molecule has 0 unspecified atom stereocenters. The summed E-state index contributed by atoms with van der Waals surface area (Å²) in [6, 6.07) is 1.06. The Kier molecular flexibility index (Phi) is 4.31. The van der Waals surface area contributed by atoms with Gasteiger partial charge in [-0.15, -0.1) is 0 Å². The van der Waals surface area contributed by atoms with Gasteiger partial charge in [-0.25, -0.2) is 0 Å². The van der Waals surface area contributed by atoms with Crippen LogP contribution in [-0.4, -0.2) is 37.4 Å². The summed E-state index contributed by atoms with van der Waals surface area (Å²) >= 11 is 0. The van der Waals surface area contributed by atoms with Gasteiger partial charge in [0.15, 0.2) is 0 Å². The van der Waals surface area contributed by atoms with E-state index in [2.05, 4.69) is 59.3 Å². The van der Waals surface area contributed by atoms with Crippen LogP contribution in [0.2, 0.25) is 0 Å². The van der Waals surface area contributed by atoms with Crippen LogP contribution in [0.1, 0.15) is 86.0 Å². The van der Waals surface area contributed by atoms with Gasteiger partial charge in [-0.3, -0.25) is 0 Å². The van der Waals surface area contributed by atoms with E-state index in [0.29, 0.717) is 39.7 Å². The van der Waals surface area contributed by atoms with Crippen LogP contribution in [0.3, 0.4) is 0 Å². The van der Waals surface area contributed by atoms with E-state index in [4.69, 9.17) is 0 Å². The first-order valence-electron chi connectivity index (χ1n) is 12.6. The fraction of sp³-hybridized carbons (Fsp3) is 1.00. The lowest BCUT2D eigenvalue weighted by Gasteiger charge is -2.63. The van der Waals surface area contributed by atoms with Crippen molar-refractivity contribution in [2.45, 2.75) is 104 Å². The number of hydrogen-bond acceptors (Lipinski definition) is 3. The number of aliphatic hydroxyl groups excluding tert-OH is 1. The first-order chi connectivity index (χ1) is 13.5. The molecule has 0 amide bonds. The van der Waals surface area contributed by atoms with Crippen LogP contribution < -0.4 is 10.6 Å². The van der Waals surface area contributed by atoms with E-state index < -0.39 is 0 Å². The smallest absolute Gasteiger partial charge is 0.0594 e. The van der Waals surface area contributed by atoms with Gasteiger partial charge in [0.2, 0.25) is 0 Å². The van der Waals surface area contributed by atoms with E-state index in [0.717, 1.165) is 18.3 Å². The highest BCUT2D eigenvalue weighted by Gasteiger charge is 2.82. The second-order valence-corrected chi connectivity index (χ2v) is 13.1. The lowest BCUT2D eigenvalue weighted by Crippen LogP contribution is -2.59. The van der Waals surface area contributed by atoms with Crippen molar-refractivity contribution < 1.29 is 5.11 Å². The second-order valence-electron chi connectivity index (χ2n) is 13.1. The minimum absolute atomic E-state index is 0.147. The summed E-state index contributed by atoms with van der Waals surface area (Å²) < 4.78 is 0. The maximum Gasteiger partial charge on any atom is 0.0594 e. The van der Waals surface area contributed by atoms with Crippen molar-refractivity contribution in [1.29, 1.82) is 0 Å². The lowest BCUT2D eigenvalue weighted by atomic mass is 9.42. The molecule has 5 aliphatic carbocycles. The Balaban J connectivity index is 1.52. The van der Waals surface area contributed by atoms with Gasteiger partial charge in [-0.2, -0.15) is 0 Å². The van der Waals surface area contributed by atoms with E-state index in [1.165, 1.54) is 44.9 Å². The standard InChI is InChI=1S/C26H46N2O/c1-16(27-6)21-17(29)14-24(5)19-9-8-18-22(2,3)20(28-7)10-11-25(18)15-26(19,25)13-12-23(21,24)4/h16-21,27-29H,8-15H2,1-7H3/t16-,17-,18-,19+,20+,21+,23-,24+,25-,26+/m1/s1. The van der Waals surface area contributed by atoms with Crippen molar-refractivity contribution in [1.82, 2.24) is 10.6 Å². The monoisotopic (exact) mass is 402 g/mol.